The number of nitrogens with two attached hydrogens (primary N) is 1. The van der Waals surface area contributed by atoms with Gasteiger partial charge in [0.1, 0.15) is 5.75 Å². The summed E-state index contributed by atoms with van der Waals surface area (Å²) in [5.41, 5.74) is 8.09. The Hall–Kier alpha value is -1.88. The maximum absolute atomic E-state index is 5.89. The molecule has 0 saturated heterocycles. The largest absolute Gasteiger partial charge is 0.483 e. The zero-order chi connectivity index (χ0) is 15.2. The van der Waals surface area contributed by atoms with Crippen LogP contribution in [-0.4, -0.2) is 16.2 Å². The minimum atomic E-state index is 0.0914. The van der Waals surface area contributed by atoms with Gasteiger partial charge in [0.2, 0.25) is 0 Å². The van der Waals surface area contributed by atoms with Crippen molar-refractivity contribution in [3.05, 3.63) is 41.0 Å². The van der Waals surface area contributed by atoms with Gasteiger partial charge in [0.25, 0.3) is 5.89 Å². The Balaban J connectivity index is 2.07. The highest BCUT2D eigenvalue weighted by atomic mass is 16.5. The van der Waals surface area contributed by atoms with E-state index in [0.29, 0.717) is 5.89 Å². The summed E-state index contributed by atoms with van der Waals surface area (Å²) in [6.45, 7) is 6.38. The van der Waals surface area contributed by atoms with Gasteiger partial charge in [-0.25, -0.2) is 0 Å². The van der Waals surface area contributed by atoms with Crippen molar-refractivity contribution in [1.82, 2.24) is 10.1 Å². The number of aryl methyl sites for hydroxylation is 2. The van der Waals surface area contributed by atoms with Gasteiger partial charge in [-0.15, -0.1) is 0 Å². The van der Waals surface area contributed by atoms with Gasteiger partial charge in [0.05, 0.1) is 0 Å². The Bertz CT molecular complexity index is 579. The standard InChI is InChI=1S/C16H23N3O2/c1-4-6-14-18-15(21-19-14)10-20-16-11(2)7-5-8-13(16)9-12(3)17/h5,7-8,12H,4,6,9-10,17H2,1-3H3. The summed E-state index contributed by atoms with van der Waals surface area (Å²) < 4.78 is 11.1. The molecule has 1 atom stereocenters. The van der Waals surface area contributed by atoms with Gasteiger partial charge < -0.3 is 15.0 Å². The molecule has 1 aromatic heterocycles. The van der Waals surface area contributed by atoms with E-state index in [2.05, 4.69) is 17.1 Å². The lowest BCUT2D eigenvalue weighted by Gasteiger charge is -2.14. The van der Waals surface area contributed by atoms with E-state index < -0.39 is 0 Å². The highest BCUT2D eigenvalue weighted by molar-refractivity contribution is 5.41. The van der Waals surface area contributed by atoms with Gasteiger partial charge in [-0.05, 0) is 37.8 Å². The average Bonchev–Trinajstić information content (AvgIpc) is 2.86. The van der Waals surface area contributed by atoms with Gasteiger partial charge in [-0.2, -0.15) is 4.98 Å². The van der Waals surface area contributed by atoms with Crippen molar-refractivity contribution in [2.75, 3.05) is 0 Å². The minimum absolute atomic E-state index is 0.0914. The summed E-state index contributed by atoms with van der Waals surface area (Å²) in [6.07, 6.45) is 2.60. The molecule has 0 fully saturated rings. The zero-order valence-corrected chi connectivity index (χ0v) is 12.9. The van der Waals surface area contributed by atoms with Gasteiger partial charge in [0.15, 0.2) is 12.4 Å². The van der Waals surface area contributed by atoms with Gasteiger partial charge in [-0.3, -0.25) is 0 Å². The topological polar surface area (TPSA) is 74.2 Å². The number of ether oxygens (including phenoxy) is 1. The average molecular weight is 289 g/mol. The summed E-state index contributed by atoms with van der Waals surface area (Å²) >= 11 is 0. The molecule has 2 aromatic rings. The van der Waals surface area contributed by atoms with Crippen LogP contribution in [0.4, 0.5) is 0 Å². The van der Waals surface area contributed by atoms with E-state index >= 15 is 0 Å². The van der Waals surface area contributed by atoms with E-state index in [0.717, 1.165) is 42.0 Å². The minimum Gasteiger partial charge on any atom is -0.483 e. The predicted octanol–water partition coefficient (Wildman–Crippen LogP) is 2.80. The Morgan fingerprint density at radius 2 is 2.19 bits per heavy atom. The van der Waals surface area contributed by atoms with Crippen molar-refractivity contribution in [3.8, 4) is 5.75 Å². The molecule has 114 valence electrons. The second-order valence-electron chi connectivity index (χ2n) is 5.39. The van der Waals surface area contributed by atoms with Crippen LogP contribution in [0.3, 0.4) is 0 Å². The molecule has 0 aliphatic heterocycles. The van der Waals surface area contributed by atoms with E-state index in [1.165, 1.54) is 0 Å². The highest BCUT2D eigenvalue weighted by Crippen LogP contribution is 2.25. The summed E-state index contributed by atoms with van der Waals surface area (Å²) in [6, 6.07) is 6.18. The number of rotatable bonds is 7. The molecular weight excluding hydrogens is 266 g/mol. The molecule has 0 spiro atoms. The SMILES string of the molecule is CCCc1noc(COc2c(C)cccc2CC(C)N)n1. The summed E-state index contributed by atoms with van der Waals surface area (Å²) in [7, 11) is 0. The van der Waals surface area contributed by atoms with Gasteiger partial charge in [0, 0.05) is 12.5 Å². The smallest absolute Gasteiger partial charge is 0.264 e. The number of hydrogen-bond donors (Lipinski definition) is 1. The van der Waals surface area contributed by atoms with Crippen LogP contribution >= 0.6 is 0 Å². The molecule has 0 bridgehead atoms. The van der Waals surface area contributed by atoms with Crippen molar-refractivity contribution in [3.63, 3.8) is 0 Å². The maximum Gasteiger partial charge on any atom is 0.264 e. The van der Waals surface area contributed by atoms with Crippen molar-refractivity contribution >= 4 is 0 Å². The number of benzene rings is 1. The molecule has 0 radical (unpaired) electrons. The van der Waals surface area contributed by atoms with Gasteiger partial charge >= 0.3 is 0 Å². The molecule has 5 nitrogen and oxygen atoms in total. The molecule has 1 unspecified atom stereocenters. The monoisotopic (exact) mass is 289 g/mol. The third-order valence-corrected chi connectivity index (χ3v) is 3.16. The first-order chi connectivity index (χ1) is 10.1. The lowest BCUT2D eigenvalue weighted by molar-refractivity contribution is 0.239. The number of para-hydroxylation sites is 1. The molecule has 2 rings (SSSR count). The third-order valence-electron chi connectivity index (χ3n) is 3.16. The van der Waals surface area contributed by atoms with E-state index in [9.17, 15) is 0 Å². The third kappa shape index (κ3) is 4.29. The fourth-order valence-corrected chi connectivity index (χ4v) is 2.24. The Morgan fingerprint density at radius 1 is 1.38 bits per heavy atom. The second kappa shape index (κ2) is 7.22. The van der Waals surface area contributed by atoms with Crippen LogP contribution in [0.15, 0.2) is 22.7 Å². The summed E-state index contributed by atoms with van der Waals surface area (Å²) in [4.78, 5) is 4.31. The Labute approximate surface area is 125 Å². The Morgan fingerprint density at radius 3 is 2.90 bits per heavy atom. The summed E-state index contributed by atoms with van der Waals surface area (Å²) in [5, 5.41) is 3.93. The molecular formula is C16H23N3O2. The number of nitrogens with zero attached hydrogens (tertiary/aromatic N) is 2. The summed E-state index contributed by atoms with van der Waals surface area (Å²) in [5.74, 6) is 2.11. The molecule has 1 aromatic carbocycles. The molecule has 2 N–H and O–H groups in total. The van der Waals surface area contributed by atoms with Gasteiger partial charge in [-0.1, -0.05) is 30.3 Å². The van der Waals surface area contributed by atoms with Crippen LogP contribution in [-0.2, 0) is 19.4 Å². The second-order valence-corrected chi connectivity index (χ2v) is 5.39. The van der Waals surface area contributed by atoms with Crippen LogP contribution in [0.2, 0.25) is 0 Å². The van der Waals surface area contributed by atoms with Crippen molar-refractivity contribution in [1.29, 1.82) is 0 Å². The molecule has 0 amide bonds. The lowest BCUT2D eigenvalue weighted by atomic mass is 10.0. The van der Waals surface area contributed by atoms with E-state index in [1.54, 1.807) is 0 Å². The van der Waals surface area contributed by atoms with E-state index in [-0.39, 0.29) is 12.6 Å². The fraction of sp³-hybridized carbons (Fsp3) is 0.500. The molecule has 0 aliphatic carbocycles. The van der Waals surface area contributed by atoms with Crippen LogP contribution < -0.4 is 10.5 Å². The van der Waals surface area contributed by atoms with Crippen molar-refractivity contribution in [2.45, 2.75) is 52.7 Å². The zero-order valence-electron chi connectivity index (χ0n) is 12.9. The van der Waals surface area contributed by atoms with Crippen LogP contribution in [0.1, 0.15) is 43.1 Å². The van der Waals surface area contributed by atoms with Crippen LogP contribution in [0.25, 0.3) is 0 Å². The predicted molar refractivity (Wildman–Crippen MR) is 81.2 cm³/mol. The van der Waals surface area contributed by atoms with Crippen LogP contribution in [0, 0.1) is 6.92 Å². The molecule has 0 aliphatic rings. The van der Waals surface area contributed by atoms with Crippen molar-refractivity contribution in [2.24, 2.45) is 5.73 Å². The first-order valence-electron chi connectivity index (χ1n) is 7.38. The highest BCUT2D eigenvalue weighted by Gasteiger charge is 2.11. The maximum atomic E-state index is 5.89. The number of hydrogen-bond acceptors (Lipinski definition) is 5. The molecule has 0 saturated carbocycles. The van der Waals surface area contributed by atoms with Crippen LogP contribution in [0.5, 0.6) is 5.75 Å². The first kappa shape index (κ1) is 15.5. The van der Waals surface area contributed by atoms with E-state index in [4.69, 9.17) is 15.0 Å². The van der Waals surface area contributed by atoms with Crippen molar-refractivity contribution < 1.29 is 9.26 Å². The fourth-order valence-electron chi connectivity index (χ4n) is 2.24. The molecule has 21 heavy (non-hydrogen) atoms. The lowest BCUT2D eigenvalue weighted by Crippen LogP contribution is -2.18. The quantitative estimate of drug-likeness (QED) is 0.848. The normalized spacial score (nSPS) is 12.4. The molecule has 1 heterocycles. The number of aromatic nitrogens is 2. The Kier molecular flexibility index (Phi) is 5.33. The van der Waals surface area contributed by atoms with E-state index in [1.807, 2.05) is 32.0 Å². The molecule has 5 heteroatoms. The first-order valence-corrected chi connectivity index (χ1v) is 7.38.